The van der Waals surface area contributed by atoms with Gasteiger partial charge >= 0.3 is 5.97 Å². The lowest BCUT2D eigenvalue weighted by atomic mass is 10.1. The van der Waals surface area contributed by atoms with Gasteiger partial charge in [0.2, 0.25) is 0 Å². The second kappa shape index (κ2) is 9.74. The van der Waals surface area contributed by atoms with E-state index >= 15 is 0 Å². The van der Waals surface area contributed by atoms with Gasteiger partial charge in [-0.3, -0.25) is 4.79 Å². The van der Waals surface area contributed by atoms with Gasteiger partial charge in [0.05, 0.1) is 0 Å². The maximum atomic E-state index is 11.5. The van der Waals surface area contributed by atoms with Crippen molar-refractivity contribution in [1.82, 2.24) is 0 Å². The molecule has 0 bridgehead atoms. The minimum absolute atomic E-state index is 0.0789. The number of rotatable bonds is 10. The highest BCUT2D eigenvalue weighted by atomic mass is 16.9. The van der Waals surface area contributed by atoms with Gasteiger partial charge in [0.1, 0.15) is 13.2 Å². The summed E-state index contributed by atoms with van der Waals surface area (Å²) in [6, 6.07) is 6.97. The first kappa shape index (κ1) is 16.9. The number of ether oxygens (including phenoxy) is 1. The molecule has 0 fully saturated rings. The van der Waals surface area contributed by atoms with Crippen LogP contribution in [-0.2, 0) is 27.6 Å². The van der Waals surface area contributed by atoms with Gasteiger partial charge in [-0.25, -0.2) is 0 Å². The van der Waals surface area contributed by atoms with Crippen LogP contribution in [0.5, 0.6) is 0 Å². The van der Waals surface area contributed by atoms with Gasteiger partial charge in [0, 0.05) is 6.42 Å². The summed E-state index contributed by atoms with van der Waals surface area (Å²) >= 11 is 0. The van der Waals surface area contributed by atoms with Crippen molar-refractivity contribution in [2.45, 2.75) is 52.2 Å². The molecular weight excluding hydrogens is 274 g/mol. The molecule has 0 saturated heterocycles. The van der Waals surface area contributed by atoms with Crippen LogP contribution in [0.15, 0.2) is 24.3 Å². The fraction of sp³-hybridized carbons (Fsp3) is 0.533. The van der Waals surface area contributed by atoms with Gasteiger partial charge in [-0.1, -0.05) is 50.5 Å². The van der Waals surface area contributed by atoms with Crippen molar-refractivity contribution in [3.63, 3.8) is 0 Å². The second-order valence-corrected chi connectivity index (χ2v) is 4.78. The molecule has 0 aliphatic rings. The van der Waals surface area contributed by atoms with Crippen molar-refractivity contribution >= 4 is 5.97 Å². The van der Waals surface area contributed by atoms with E-state index < -0.39 is 5.09 Å². The summed E-state index contributed by atoms with van der Waals surface area (Å²) < 4.78 is 5.17. The lowest BCUT2D eigenvalue weighted by Gasteiger charge is -2.06. The maximum absolute atomic E-state index is 11.5. The monoisotopic (exact) mass is 295 g/mol. The largest absolute Gasteiger partial charge is 0.461 e. The third kappa shape index (κ3) is 7.91. The molecule has 0 atom stereocenters. The third-order valence-corrected chi connectivity index (χ3v) is 2.99. The SMILES string of the molecule is CCCCCCC(=O)OCc1ccc(CO[N+](=O)[O-])cc1. The van der Waals surface area contributed by atoms with E-state index in [4.69, 9.17) is 4.74 Å². The lowest BCUT2D eigenvalue weighted by Crippen LogP contribution is -2.04. The van der Waals surface area contributed by atoms with Crippen molar-refractivity contribution in [3.8, 4) is 0 Å². The Morgan fingerprint density at radius 1 is 1.10 bits per heavy atom. The summed E-state index contributed by atoms with van der Waals surface area (Å²) in [5.41, 5.74) is 1.54. The highest BCUT2D eigenvalue weighted by molar-refractivity contribution is 5.69. The Morgan fingerprint density at radius 2 is 1.71 bits per heavy atom. The highest BCUT2D eigenvalue weighted by Crippen LogP contribution is 2.09. The first-order chi connectivity index (χ1) is 10.1. The molecule has 0 unspecified atom stereocenters. The molecule has 1 aromatic rings. The molecule has 0 saturated carbocycles. The Bertz CT molecular complexity index is 444. The summed E-state index contributed by atoms with van der Waals surface area (Å²) in [4.78, 5) is 25.8. The predicted molar refractivity (Wildman–Crippen MR) is 76.8 cm³/mol. The summed E-state index contributed by atoms with van der Waals surface area (Å²) in [6.07, 6.45) is 4.65. The van der Waals surface area contributed by atoms with E-state index in [0.717, 1.165) is 31.2 Å². The molecule has 0 aliphatic carbocycles. The van der Waals surface area contributed by atoms with Gasteiger partial charge in [0.15, 0.2) is 0 Å². The standard InChI is InChI=1S/C15H21NO5/c1-2-3-4-5-6-15(17)20-11-13-7-9-14(10-8-13)12-21-16(18)19/h7-10H,2-6,11-12H2,1H3. The summed E-state index contributed by atoms with van der Waals surface area (Å²) in [6.45, 7) is 2.27. The first-order valence-electron chi connectivity index (χ1n) is 7.12. The van der Waals surface area contributed by atoms with Crippen molar-refractivity contribution in [3.05, 3.63) is 45.5 Å². The zero-order valence-corrected chi connectivity index (χ0v) is 12.2. The van der Waals surface area contributed by atoms with Crippen LogP contribution in [0.2, 0.25) is 0 Å². The average molecular weight is 295 g/mol. The minimum atomic E-state index is -0.825. The highest BCUT2D eigenvalue weighted by Gasteiger charge is 2.04. The Morgan fingerprint density at radius 3 is 2.29 bits per heavy atom. The van der Waals surface area contributed by atoms with Crippen LogP contribution in [0, 0.1) is 10.1 Å². The van der Waals surface area contributed by atoms with Gasteiger partial charge < -0.3 is 9.57 Å². The van der Waals surface area contributed by atoms with Crippen LogP contribution in [0.25, 0.3) is 0 Å². The number of benzene rings is 1. The Hall–Kier alpha value is -2.11. The molecule has 1 aromatic carbocycles. The molecule has 0 aliphatic heterocycles. The summed E-state index contributed by atoms with van der Waals surface area (Å²) in [5, 5.41) is 9.25. The van der Waals surface area contributed by atoms with E-state index in [1.54, 1.807) is 24.3 Å². The van der Waals surface area contributed by atoms with Crippen molar-refractivity contribution in [2.75, 3.05) is 0 Å². The van der Waals surface area contributed by atoms with E-state index in [1.165, 1.54) is 0 Å². The van der Waals surface area contributed by atoms with Crippen molar-refractivity contribution in [2.24, 2.45) is 0 Å². The number of carbonyl (C=O) groups is 1. The number of nitrogens with zero attached hydrogens (tertiary/aromatic N) is 1. The summed E-state index contributed by atoms with van der Waals surface area (Å²) in [7, 11) is 0. The molecule has 116 valence electrons. The number of hydrogen-bond acceptors (Lipinski definition) is 5. The normalized spacial score (nSPS) is 10.1. The van der Waals surface area contributed by atoms with E-state index in [2.05, 4.69) is 11.8 Å². The molecule has 6 heteroatoms. The number of esters is 1. The van der Waals surface area contributed by atoms with E-state index in [-0.39, 0.29) is 19.2 Å². The Kier molecular flexibility index (Phi) is 7.86. The molecule has 0 amide bonds. The van der Waals surface area contributed by atoms with Gasteiger partial charge in [-0.05, 0) is 17.5 Å². The number of unbranched alkanes of at least 4 members (excludes halogenated alkanes) is 3. The molecule has 0 aromatic heterocycles. The van der Waals surface area contributed by atoms with Crippen LogP contribution in [-0.4, -0.2) is 11.1 Å². The molecule has 6 nitrogen and oxygen atoms in total. The van der Waals surface area contributed by atoms with Crippen LogP contribution in [0.4, 0.5) is 0 Å². The fourth-order valence-electron chi connectivity index (χ4n) is 1.79. The Labute approximate surface area is 124 Å². The molecule has 0 heterocycles. The second-order valence-electron chi connectivity index (χ2n) is 4.78. The van der Waals surface area contributed by atoms with Gasteiger partial charge in [0.25, 0.3) is 5.09 Å². The lowest BCUT2D eigenvalue weighted by molar-refractivity contribution is -0.763. The summed E-state index contributed by atoms with van der Waals surface area (Å²) in [5.74, 6) is -0.188. The first-order valence-corrected chi connectivity index (χ1v) is 7.12. The minimum Gasteiger partial charge on any atom is -0.461 e. The topological polar surface area (TPSA) is 78.7 Å². The Balaban J connectivity index is 2.25. The molecule has 0 spiro atoms. The zero-order valence-electron chi connectivity index (χ0n) is 12.2. The van der Waals surface area contributed by atoms with Crippen LogP contribution < -0.4 is 0 Å². The molecule has 1 rings (SSSR count). The maximum Gasteiger partial charge on any atom is 0.306 e. The average Bonchev–Trinajstić information content (AvgIpc) is 2.48. The van der Waals surface area contributed by atoms with Gasteiger partial charge in [-0.15, -0.1) is 10.1 Å². The smallest absolute Gasteiger partial charge is 0.306 e. The van der Waals surface area contributed by atoms with E-state index in [1.807, 2.05) is 0 Å². The third-order valence-electron chi connectivity index (χ3n) is 2.99. The molecule has 0 radical (unpaired) electrons. The fourth-order valence-corrected chi connectivity index (χ4v) is 1.79. The zero-order chi connectivity index (χ0) is 15.5. The number of carbonyl (C=O) groups excluding carboxylic acids is 1. The predicted octanol–water partition coefficient (Wildman–Crippen LogP) is 3.41. The molecular formula is C15H21NO5. The van der Waals surface area contributed by atoms with Crippen LogP contribution in [0.3, 0.4) is 0 Å². The quantitative estimate of drug-likeness (QED) is 0.286. The van der Waals surface area contributed by atoms with Crippen molar-refractivity contribution in [1.29, 1.82) is 0 Å². The van der Waals surface area contributed by atoms with Crippen LogP contribution in [0.1, 0.15) is 50.2 Å². The van der Waals surface area contributed by atoms with E-state index in [0.29, 0.717) is 12.0 Å². The molecule has 21 heavy (non-hydrogen) atoms. The van der Waals surface area contributed by atoms with Crippen molar-refractivity contribution < 1.29 is 19.5 Å². The van der Waals surface area contributed by atoms with Gasteiger partial charge in [-0.2, -0.15) is 0 Å². The number of hydrogen-bond donors (Lipinski definition) is 0. The van der Waals surface area contributed by atoms with Crippen LogP contribution >= 0.6 is 0 Å². The molecule has 0 N–H and O–H groups in total. The van der Waals surface area contributed by atoms with E-state index in [9.17, 15) is 14.9 Å².